The number of esters is 1. The Balaban J connectivity index is 1.71. The molecule has 0 N–H and O–H groups in total. The number of aryl methyl sites for hydroxylation is 1. The fraction of sp³-hybridized carbons (Fsp3) is 0.308. The summed E-state index contributed by atoms with van der Waals surface area (Å²) in [6.07, 6.45) is 2.96. The Morgan fingerprint density at radius 1 is 1.15 bits per heavy atom. The molecule has 8 nitrogen and oxygen atoms in total. The van der Waals surface area contributed by atoms with Crippen molar-refractivity contribution < 1.29 is 9.53 Å². The van der Waals surface area contributed by atoms with E-state index in [4.69, 9.17) is 9.72 Å². The standard InChI is InChI=1S/C26H27N5O3/c1-3-34-26(33)21(17-27)16-22-24(28-23-19(2)8-7-11-31(23)25(22)32)30-14-12-29(13-15-30)18-20-9-5-4-6-10-20/h4-11,16H,3,12-15,18H2,1-2H3/b21-16+. The number of rotatable bonds is 6. The van der Waals surface area contributed by atoms with Crippen LogP contribution in [-0.2, 0) is 16.1 Å². The van der Waals surface area contributed by atoms with Gasteiger partial charge in [-0.1, -0.05) is 36.4 Å². The molecule has 1 aliphatic heterocycles. The Morgan fingerprint density at radius 3 is 2.56 bits per heavy atom. The van der Waals surface area contributed by atoms with Gasteiger partial charge < -0.3 is 9.64 Å². The van der Waals surface area contributed by atoms with Gasteiger partial charge >= 0.3 is 5.97 Å². The molecule has 174 valence electrons. The van der Waals surface area contributed by atoms with Crippen LogP contribution in [0.1, 0.15) is 23.6 Å². The maximum Gasteiger partial charge on any atom is 0.348 e. The first-order valence-corrected chi connectivity index (χ1v) is 11.3. The fourth-order valence-corrected chi connectivity index (χ4v) is 4.12. The molecule has 34 heavy (non-hydrogen) atoms. The molecule has 0 saturated carbocycles. The number of hydrogen-bond donors (Lipinski definition) is 0. The lowest BCUT2D eigenvalue weighted by molar-refractivity contribution is -0.137. The number of carbonyl (C=O) groups excluding carboxylic acids is 1. The second-order valence-electron chi connectivity index (χ2n) is 8.18. The van der Waals surface area contributed by atoms with Crippen molar-refractivity contribution in [1.82, 2.24) is 14.3 Å². The van der Waals surface area contributed by atoms with E-state index in [1.54, 1.807) is 19.2 Å². The van der Waals surface area contributed by atoms with Crippen LogP contribution >= 0.6 is 0 Å². The van der Waals surface area contributed by atoms with Crippen molar-refractivity contribution in [3.05, 3.63) is 81.3 Å². The smallest absolute Gasteiger partial charge is 0.348 e. The summed E-state index contributed by atoms with van der Waals surface area (Å²) in [5.74, 6) is -0.270. The van der Waals surface area contributed by atoms with Gasteiger partial charge in [0.1, 0.15) is 23.1 Å². The van der Waals surface area contributed by atoms with Gasteiger partial charge in [-0.05, 0) is 37.1 Å². The fourth-order valence-electron chi connectivity index (χ4n) is 4.12. The van der Waals surface area contributed by atoms with Crippen molar-refractivity contribution >= 4 is 23.5 Å². The number of aromatic nitrogens is 2. The van der Waals surface area contributed by atoms with Crippen LogP contribution in [0.4, 0.5) is 5.82 Å². The highest BCUT2D eigenvalue weighted by Crippen LogP contribution is 2.22. The second kappa shape index (κ2) is 10.3. The maximum atomic E-state index is 13.5. The van der Waals surface area contributed by atoms with Gasteiger partial charge in [0.15, 0.2) is 0 Å². The number of piperazine rings is 1. The van der Waals surface area contributed by atoms with Crippen LogP contribution in [0, 0.1) is 18.3 Å². The van der Waals surface area contributed by atoms with Crippen molar-refractivity contribution in [1.29, 1.82) is 5.26 Å². The summed E-state index contributed by atoms with van der Waals surface area (Å²) in [6, 6.07) is 15.9. The number of nitrogens with zero attached hydrogens (tertiary/aromatic N) is 5. The molecule has 3 heterocycles. The van der Waals surface area contributed by atoms with Crippen LogP contribution in [0.15, 0.2) is 59.0 Å². The predicted octanol–water partition coefficient (Wildman–Crippen LogP) is 2.80. The van der Waals surface area contributed by atoms with Gasteiger partial charge in [-0.2, -0.15) is 5.26 Å². The molecule has 0 atom stereocenters. The topological polar surface area (TPSA) is 90.9 Å². The third-order valence-electron chi connectivity index (χ3n) is 5.89. The summed E-state index contributed by atoms with van der Waals surface area (Å²) in [6.45, 7) is 7.51. The Morgan fingerprint density at radius 2 is 1.88 bits per heavy atom. The monoisotopic (exact) mass is 457 g/mol. The molecule has 0 amide bonds. The first-order chi connectivity index (χ1) is 16.5. The molecule has 0 bridgehead atoms. The second-order valence-corrected chi connectivity index (χ2v) is 8.18. The molecule has 0 unspecified atom stereocenters. The van der Waals surface area contributed by atoms with Crippen molar-refractivity contribution in [3.63, 3.8) is 0 Å². The third kappa shape index (κ3) is 4.85. The summed E-state index contributed by atoms with van der Waals surface area (Å²) in [5.41, 5.74) is 2.34. The molecular formula is C26H27N5O3. The lowest BCUT2D eigenvalue weighted by Crippen LogP contribution is -2.47. The molecule has 0 radical (unpaired) electrons. The molecule has 4 rings (SSSR count). The molecule has 2 aromatic heterocycles. The quantitative estimate of drug-likeness (QED) is 0.319. The van der Waals surface area contributed by atoms with Gasteiger partial charge in [0.2, 0.25) is 0 Å². The van der Waals surface area contributed by atoms with E-state index >= 15 is 0 Å². The van der Waals surface area contributed by atoms with Crippen molar-refractivity contribution in [2.45, 2.75) is 20.4 Å². The minimum atomic E-state index is -0.752. The highest BCUT2D eigenvalue weighted by Gasteiger charge is 2.24. The molecule has 1 aliphatic rings. The number of hydrogen-bond acceptors (Lipinski definition) is 7. The van der Waals surface area contributed by atoms with Crippen LogP contribution < -0.4 is 10.5 Å². The first kappa shape index (κ1) is 23.2. The van der Waals surface area contributed by atoms with E-state index < -0.39 is 5.97 Å². The lowest BCUT2D eigenvalue weighted by atomic mass is 10.1. The zero-order valence-electron chi connectivity index (χ0n) is 19.4. The average Bonchev–Trinajstić information content (AvgIpc) is 2.85. The molecule has 1 aromatic carbocycles. The number of pyridine rings is 1. The van der Waals surface area contributed by atoms with Gasteiger partial charge in [-0.15, -0.1) is 0 Å². The largest absolute Gasteiger partial charge is 0.462 e. The predicted molar refractivity (Wildman–Crippen MR) is 130 cm³/mol. The van der Waals surface area contributed by atoms with Crippen molar-refractivity contribution in [2.24, 2.45) is 0 Å². The van der Waals surface area contributed by atoms with Crippen LogP contribution in [0.5, 0.6) is 0 Å². The molecule has 1 fully saturated rings. The van der Waals surface area contributed by atoms with Crippen molar-refractivity contribution in [3.8, 4) is 6.07 Å². The number of anilines is 1. The Hall–Kier alpha value is -3.96. The Bertz CT molecular complexity index is 1320. The highest BCUT2D eigenvalue weighted by molar-refractivity contribution is 5.98. The minimum absolute atomic E-state index is 0.141. The summed E-state index contributed by atoms with van der Waals surface area (Å²) in [5, 5.41) is 9.54. The molecule has 0 aliphatic carbocycles. The van der Waals surface area contributed by atoms with Gasteiger partial charge in [-0.25, -0.2) is 9.78 Å². The van der Waals surface area contributed by atoms with Crippen LogP contribution in [0.2, 0.25) is 0 Å². The van der Waals surface area contributed by atoms with Crippen molar-refractivity contribution in [2.75, 3.05) is 37.7 Å². The number of ether oxygens (including phenoxy) is 1. The lowest BCUT2D eigenvalue weighted by Gasteiger charge is -2.36. The van der Waals surface area contributed by atoms with E-state index in [1.165, 1.54) is 16.0 Å². The zero-order valence-corrected chi connectivity index (χ0v) is 19.4. The number of benzene rings is 1. The third-order valence-corrected chi connectivity index (χ3v) is 5.89. The Kier molecular flexibility index (Phi) is 7.04. The van der Waals surface area contributed by atoms with Gasteiger partial charge in [-0.3, -0.25) is 14.1 Å². The van der Waals surface area contributed by atoms with Crippen LogP contribution in [-0.4, -0.2) is 53.0 Å². The van der Waals surface area contributed by atoms with Gasteiger partial charge in [0.05, 0.1) is 12.2 Å². The molecule has 8 heteroatoms. The summed E-state index contributed by atoms with van der Waals surface area (Å²) in [4.78, 5) is 35.0. The summed E-state index contributed by atoms with van der Waals surface area (Å²) < 4.78 is 6.45. The summed E-state index contributed by atoms with van der Waals surface area (Å²) in [7, 11) is 0. The number of fused-ring (bicyclic) bond motifs is 1. The van der Waals surface area contributed by atoms with E-state index in [2.05, 4.69) is 21.9 Å². The van der Waals surface area contributed by atoms with E-state index in [1.807, 2.05) is 37.3 Å². The molecule has 0 spiro atoms. The van der Waals surface area contributed by atoms with E-state index in [-0.39, 0.29) is 23.3 Å². The van der Waals surface area contributed by atoms with Crippen LogP contribution in [0.3, 0.4) is 0 Å². The normalized spacial score (nSPS) is 14.7. The first-order valence-electron chi connectivity index (χ1n) is 11.3. The van der Waals surface area contributed by atoms with Crippen LogP contribution in [0.25, 0.3) is 11.7 Å². The number of nitriles is 1. The zero-order chi connectivity index (χ0) is 24.1. The Labute approximate surface area is 198 Å². The highest BCUT2D eigenvalue weighted by atomic mass is 16.5. The van der Waals surface area contributed by atoms with Gasteiger partial charge in [0, 0.05) is 38.9 Å². The van der Waals surface area contributed by atoms with E-state index in [0.29, 0.717) is 24.6 Å². The number of carbonyl (C=O) groups is 1. The van der Waals surface area contributed by atoms with Gasteiger partial charge in [0.25, 0.3) is 5.56 Å². The molecular weight excluding hydrogens is 430 g/mol. The molecule has 3 aromatic rings. The maximum absolute atomic E-state index is 13.5. The SMILES string of the molecule is CCOC(=O)/C(C#N)=C/c1c(N2CCN(Cc3ccccc3)CC2)nc2c(C)cccn2c1=O. The summed E-state index contributed by atoms with van der Waals surface area (Å²) >= 11 is 0. The van der Waals surface area contributed by atoms with E-state index in [9.17, 15) is 14.9 Å². The minimum Gasteiger partial charge on any atom is -0.462 e. The molecule has 1 saturated heterocycles. The van der Waals surface area contributed by atoms with E-state index in [0.717, 1.165) is 25.2 Å². The average molecular weight is 458 g/mol.